The molecule has 4 heteroatoms. The summed E-state index contributed by atoms with van der Waals surface area (Å²) in [4.78, 5) is 0. The standard InChI is InChI=1S/C23H30NO3/c1-25-21-12-10-20(11-13-21)23-26-18-22(27-23)17-24(14-6-3-7-15-24)16-19-8-4-2-5-9-19/h2,4-5,8-13,22-23H,3,6-7,14-18H2,1H3/q+1/t22-,23+/m0/s1. The van der Waals surface area contributed by atoms with Gasteiger partial charge in [0.1, 0.15) is 24.9 Å². The summed E-state index contributed by atoms with van der Waals surface area (Å²) in [6.07, 6.45) is 3.86. The summed E-state index contributed by atoms with van der Waals surface area (Å²) in [5.41, 5.74) is 2.48. The monoisotopic (exact) mass is 368 g/mol. The molecular formula is C23H30NO3+. The Kier molecular flexibility index (Phi) is 5.77. The van der Waals surface area contributed by atoms with Gasteiger partial charge in [-0.3, -0.25) is 0 Å². The van der Waals surface area contributed by atoms with Crippen molar-refractivity contribution in [2.75, 3.05) is 33.4 Å². The SMILES string of the molecule is COc1ccc([C@@H]2OC[C@H](C[N+]3(Cc4ccccc4)CCCCC3)O2)cc1. The second-order valence-electron chi connectivity index (χ2n) is 7.87. The molecule has 0 aliphatic carbocycles. The van der Waals surface area contributed by atoms with Crippen molar-refractivity contribution in [3.8, 4) is 5.75 Å². The second-order valence-corrected chi connectivity index (χ2v) is 7.87. The van der Waals surface area contributed by atoms with Crippen molar-refractivity contribution in [3.05, 3.63) is 65.7 Å². The van der Waals surface area contributed by atoms with Gasteiger partial charge >= 0.3 is 0 Å². The summed E-state index contributed by atoms with van der Waals surface area (Å²) < 4.78 is 18.7. The number of ether oxygens (including phenoxy) is 3. The lowest BCUT2D eigenvalue weighted by atomic mass is 10.0. The van der Waals surface area contributed by atoms with Crippen molar-refractivity contribution < 1.29 is 18.7 Å². The number of nitrogens with zero attached hydrogens (tertiary/aromatic N) is 1. The van der Waals surface area contributed by atoms with E-state index in [0.717, 1.165) is 28.9 Å². The van der Waals surface area contributed by atoms with Crippen LogP contribution in [0.4, 0.5) is 0 Å². The normalized spacial score (nSPS) is 24.6. The molecule has 2 fully saturated rings. The third-order valence-electron chi connectivity index (χ3n) is 5.85. The molecule has 0 saturated carbocycles. The van der Waals surface area contributed by atoms with Crippen LogP contribution in [0.25, 0.3) is 0 Å². The minimum absolute atomic E-state index is 0.152. The number of rotatable bonds is 6. The Morgan fingerprint density at radius 3 is 2.41 bits per heavy atom. The summed E-state index contributed by atoms with van der Waals surface area (Å²) in [6.45, 7) is 5.27. The van der Waals surface area contributed by atoms with Gasteiger partial charge in [0.25, 0.3) is 0 Å². The molecule has 0 amide bonds. The summed E-state index contributed by atoms with van der Waals surface area (Å²) in [5, 5.41) is 0. The molecule has 0 spiro atoms. The van der Waals surface area contributed by atoms with Crippen LogP contribution < -0.4 is 4.74 Å². The predicted molar refractivity (Wildman–Crippen MR) is 105 cm³/mol. The molecule has 2 aromatic carbocycles. The van der Waals surface area contributed by atoms with Crippen molar-refractivity contribution >= 4 is 0 Å². The zero-order valence-corrected chi connectivity index (χ0v) is 16.2. The van der Waals surface area contributed by atoms with E-state index in [1.54, 1.807) is 7.11 Å². The Morgan fingerprint density at radius 1 is 0.963 bits per heavy atom. The first kappa shape index (κ1) is 18.5. The Hall–Kier alpha value is -1.88. The largest absolute Gasteiger partial charge is 0.497 e. The van der Waals surface area contributed by atoms with Gasteiger partial charge in [-0.2, -0.15) is 0 Å². The summed E-state index contributed by atoms with van der Waals surface area (Å²) in [5.74, 6) is 0.856. The van der Waals surface area contributed by atoms with Crippen molar-refractivity contribution in [2.45, 2.75) is 38.2 Å². The third-order valence-corrected chi connectivity index (χ3v) is 5.85. The number of likely N-dealkylation sites (tertiary alicyclic amines) is 1. The van der Waals surface area contributed by atoms with Gasteiger partial charge in [0.2, 0.25) is 0 Å². The van der Waals surface area contributed by atoms with Crippen molar-refractivity contribution in [1.82, 2.24) is 0 Å². The number of methoxy groups -OCH3 is 1. The average molecular weight is 368 g/mol. The molecule has 2 aliphatic rings. The van der Waals surface area contributed by atoms with Crippen LogP contribution >= 0.6 is 0 Å². The first-order chi connectivity index (χ1) is 13.3. The zero-order chi connectivity index (χ0) is 18.5. The van der Waals surface area contributed by atoms with Gasteiger partial charge < -0.3 is 18.7 Å². The van der Waals surface area contributed by atoms with Crippen molar-refractivity contribution in [1.29, 1.82) is 0 Å². The number of benzene rings is 2. The molecule has 2 aromatic rings. The van der Waals surface area contributed by atoms with Crippen LogP contribution in [0.2, 0.25) is 0 Å². The zero-order valence-electron chi connectivity index (χ0n) is 16.2. The highest BCUT2D eigenvalue weighted by Gasteiger charge is 2.37. The molecule has 144 valence electrons. The maximum atomic E-state index is 6.31. The van der Waals surface area contributed by atoms with E-state index in [4.69, 9.17) is 14.2 Å². The fraction of sp³-hybridized carbons (Fsp3) is 0.478. The highest BCUT2D eigenvalue weighted by molar-refractivity contribution is 5.28. The molecule has 2 saturated heterocycles. The third kappa shape index (κ3) is 4.52. The van der Waals surface area contributed by atoms with Crippen LogP contribution in [0.15, 0.2) is 54.6 Å². The van der Waals surface area contributed by atoms with Gasteiger partial charge in [-0.15, -0.1) is 0 Å². The van der Waals surface area contributed by atoms with Gasteiger partial charge in [0, 0.05) is 11.1 Å². The molecule has 0 bridgehead atoms. The second kappa shape index (κ2) is 8.42. The molecule has 2 aliphatic heterocycles. The van der Waals surface area contributed by atoms with Gasteiger partial charge in [-0.05, 0) is 31.4 Å². The van der Waals surface area contributed by atoms with Crippen LogP contribution in [0.5, 0.6) is 5.75 Å². The van der Waals surface area contributed by atoms with E-state index in [9.17, 15) is 0 Å². The molecule has 0 radical (unpaired) electrons. The van der Waals surface area contributed by atoms with Crippen LogP contribution in [0.3, 0.4) is 0 Å². The van der Waals surface area contributed by atoms with Crippen LogP contribution in [0.1, 0.15) is 36.7 Å². The fourth-order valence-corrected chi connectivity index (χ4v) is 4.47. The van der Waals surface area contributed by atoms with Crippen LogP contribution in [-0.2, 0) is 16.0 Å². The molecule has 0 aromatic heterocycles. The first-order valence-electron chi connectivity index (χ1n) is 10.1. The van der Waals surface area contributed by atoms with Gasteiger partial charge in [0.15, 0.2) is 6.29 Å². The van der Waals surface area contributed by atoms with Gasteiger partial charge in [-0.25, -0.2) is 0 Å². The first-order valence-corrected chi connectivity index (χ1v) is 10.1. The lowest BCUT2D eigenvalue weighted by Crippen LogP contribution is -2.54. The van der Waals surface area contributed by atoms with E-state index >= 15 is 0 Å². The van der Waals surface area contributed by atoms with E-state index in [2.05, 4.69) is 30.3 Å². The molecule has 2 atom stereocenters. The number of hydrogen-bond acceptors (Lipinski definition) is 3. The molecule has 2 heterocycles. The molecule has 0 N–H and O–H groups in total. The maximum absolute atomic E-state index is 6.31. The molecular weight excluding hydrogens is 338 g/mol. The van der Waals surface area contributed by atoms with E-state index < -0.39 is 0 Å². The van der Waals surface area contributed by atoms with Gasteiger partial charge in [-0.1, -0.05) is 42.5 Å². The minimum atomic E-state index is -0.262. The maximum Gasteiger partial charge on any atom is 0.184 e. The number of hydrogen-bond donors (Lipinski definition) is 0. The lowest BCUT2D eigenvalue weighted by molar-refractivity contribution is -0.947. The highest BCUT2D eigenvalue weighted by atomic mass is 16.7. The Labute approximate surface area is 162 Å². The Morgan fingerprint density at radius 2 is 1.70 bits per heavy atom. The quantitative estimate of drug-likeness (QED) is 0.711. The Balaban J connectivity index is 1.42. The minimum Gasteiger partial charge on any atom is -0.497 e. The van der Waals surface area contributed by atoms with Crippen LogP contribution in [-0.4, -0.2) is 43.9 Å². The number of piperidine rings is 1. The van der Waals surface area contributed by atoms with Crippen molar-refractivity contribution in [3.63, 3.8) is 0 Å². The summed E-state index contributed by atoms with van der Waals surface area (Å²) in [6, 6.07) is 18.9. The fourth-order valence-electron chi connectivity index (χ4n) is 4.47. The van der Waals surface area contributed by atoms with Crippen molar-refractivity contribution in [2.24, 2.45) is 0 Å². The van der Waals surface area contributed by atoms with E-state index in [0.29, 0.717) is 6.61 Å². The predicted octanol–water partition coefficient (Wildman–Crippen LogP) is 4.31. The summed E-state index contributed by atoms with van der Waals surface area (Å²) in [7, 11) is 1.68. The van der Waals surface area contributed by atoms with Gasteiger partial charge in [0.05, 0.1) is 26.8 Å². The number of quaternary nitrogens is 1. The molecule has 27 heavy (non-hydrogen) atoms. The summed E-state index contributed by atoms with van der Waals surface area (Å²) >= 11 is 0. The van der Waals surface area contributed by atoms with E-state index in [1.807, 2.05) is 24.3 Å². The lowest BCUT2D eigenvalue weighted by Gasteiger charge is -2.42. The molecule has 4 rings (SSSR count). The van der Waals surface area contributed by atoms with E-state index in [-0.39, 0.29) is 12.4 Å². The Bertz CT molecular complexity index is 710. The topological polar surface area (TPSA) is 27.7 Å². The van der Waals surface area contributed by atoms with E-state index in [1.165, 1.54) is 37.9 Å². The highest BCUT2D eigenvalue weighted by Crippen LogP contribution is 2.31. The average Bonchev–Trinajstić information content (AvgIpc) is 3.17. The molecule has 0 unspecified atom stereocenters. The molecule has 4 nitrogen and oxygen atoms in total. The van der Waals surface area contributed by atoms with Crippen LogP contribution in [0, 0.1) is 0 Å². The smallest absolute Gasteiger partial charge is 0.184 e.